The van der Waals surface area contributed by atoms with Gasteiger partial charge in [0, 0.05) is 24.9 Å². The minimum absolute atomic E-state index is 0.148. The highest BCUT2D eigenvalue weighted by Crippen LogP contribution is 2.20. The van der Waals surface area contributed by atoms with E-state index in [0.717, 1.165) is 13.0 Å². The Kier molecular flexibility index (Phi) is 1.60. The Bertz CT molecular complexity index is 281. The maximum atomic E-state index is 11.5. The molecule has 12 heavy (non-hydrogen) atoms. The number of aromatic amines is 1. The van der Waals surface area contributed by atoms with Crippen molar-refractivity contribution in [2.45, 2.75) is 13.3 Å². The second-order valence-corrected chi connectivity index (χ2v) is 3.09. The van der Waals surface area contributed by atoms with Gasteiger partial charge in [-0.1, -0.05) is 6.92 Å². The van der Waals surface area contributed by atoms with Gasteiger partial charge in [-0.2, -0.15) is 0 Å². The van der Waals surface area contributed by atoms with Crippen LogP contribution in [0.3, 0.4) is 0 Å². The SMILES string of the molecule is CC1CCN(c2ncc[nH]2)C1=O. The van der Waals surface area contributed by atoms with Crippen LogP contribution in [0.5, 0.6) is 0 Å². The second-order valence-electron chi connectivity index (χ2n) is 3.09. The molecular weight excluding hydrogens is 154 g/mol. The fourth-order valence-corrected chi connectivity index (χ4v) is 1.44. The molecule has 0 spiro atoms. The Hall–Kier alpha value is -1.32. The fraction of sp³-hybridized carbons (Fsp3) is 0.500. The summed E-state index contributed by atoms with van der Waals surface area (Å²) in [7, 11) is 0. The third-order valence-corrected chi connectivity index (χ3v) is 2.21. The number of aromatic nitrogens is 2. The number of imidazole rings is 1. The molecule has 1 N–H and O–H groups in total. The van der Waals surface area contributed by atoms with Crippen molar-refractivity contribution in [3.8, 4) is 0 Å². The smallest absolute Gasteiger partial charge is 0.232 e. The molecule has 1 amide bonds. The molecule has 0 radical (unpaired) electrons. The van der Waals surface area contributed by atoms with Crippen LogP contribution in [0.1, 0.15) is 13.3 Å². The number of hydrogen-bond acceptors (Lipinski definition) is 2. The molecule has 0 saturated carbocycles. The average Bonchev–Trinajstić information content (AvgIpc) is 2.64. The van der Waals surface area contributed by atoms with Crippen molar-refractivity contribution in [1.29, 1.82) is 0 Å². The molecule has 1 aliphatic heterocycles. The molecule has 1 aromatic heterocycles. The van der Waals surface area contributed by atoms with Gasteiger partial charge in [-0.15, -0.1) is 0 Å². The van der Waals surface area contributed by atoms with E-state index in [-0.39, 0.29) is 11.8 Å². The summed E-state index contributed by atoms with van der Waals surface area (Å²) in [6, 6.07) is 0. The van der Waals surface area contributed by atoms with Gasteiger partial charge in [0.05, 0.1) is 0 Å². The number of nitrogens with one attached hydrogen (secondary N) is 1. The van der Waals surface area contributed by atoms with Crippen LogP contribution in [0.2, 0.25) is 0 Å². The lowest BCUT2D eigenvalue weighted by Crippen LogP contribution is -2.27. The number of hydrogen-bond donors (Lipinski definition) is 1. The van der Waals surface area contributed by atoms with E-state index in [0.29, 0.717) is 5.95 Å². The Morgan fingerprint density at radius 1 is 1.75 bits per heavy atom. The maximum Gasteiger partial charge on any atom is 0.232 e. The molecule has 1 aromatic rings. The standard InChI is InChI=1S/C8H11N3O/c1-6-2-5-11(7(6)12)8-9-3-4-10-8/h3-4,6H,2,5H2,1H3,(H,9,10). The van der Waals surface area contributed by atoms with Gasteiger partial charge in [0.2, 0.25) is 11.9 Å². The first kappa shape index (κ1) is 7.34. The first-order valence-corrected chi connectivity index (χ1v) is 4.10. The molecule has 2 rings (SSSR count). The topological polar surface area (TPSA) is 49.0 Å². The van der Waals surface area contributed by atoms with Crippen LogP contribution in [0.4, 0.5) is 5.95 Å². The molecule has 1 saturated heterocycles. The highest BCUT2D eigenvalue weighted by molar-refractivity contribution is 5.95. The molecule has 0 aliphatic carbocycles. The molecule has 2 heterocycles. The number of H-pyrrole nitrogens is 1. The van der Waals surface area contributed by atoms with Crippen LogP contribution < -0.4 is 4.90 Å². The number of amides is 1. The molecule has 1 atom stereocenters. The van der Waals surface area contributed by atoms with Crippen LogP contribution >= 0.6 is 0 Å². The molecule has 1 fully saturated rings. The third kappa shape index (κ3) is 0.995. The minimum atomic E-state index is 0.148. The average molecular weight is 165 g/mol. The van der Waals surface area contributed by atoms with E-state index in [1.165, 1.54) is 0 Å². The van der Waals surface area contributed by atoms with Crippen molar-refractivity contribution >= 4 is 11.9 Å². The summed E-state index contributed by atoms with van der Waals surface area (Å²) in [5.74, 6) is 0.990. The van der Waals surface area contributed by atoms with Crippen LogP contribution in [-0.4, -0.2) is 22.4 Å². The first-order valence-electron chi connectivity index (χ1n) is 4.10. The molecular formula is C8H11N3O. The first-order chi connectivity index (χ1) is 5.79. The van der Waals surface area contributed by atoms with E-state index < -0.39 is 0 Å². The normalized spacial score (nSPS) is 23.6. The second kappa shape index (κ2) is 2.62. The van der Waals surface area contributed by atoms with Crippen LogP contribution in [-0.2, 0) is 4.79 Å². The van der Waals surface area contributed by atoms with E-state index in [2.05, 4.69) is 9.97 Å². The van der Waals surface area contributed by atoms with Crippen LogP contribution in [0.25, 0.3) is 0 Å². The van der Waals surface area contributed by atoms with Crippen molar-refractivity contribution in [2.75, 3.05) is 11.4 Å². The summed E-state index contributed by atoms with van der Waals surface area (Å²) in [5.41, 5.74) is 0. The van der Waals surface area contributed by atoms with E-state index in [4.69, 9.17) is 0 Å². The summed E-state index contributed by atoms with van der Waals surface area (Å²) < 4.78 is 0. The van der Waals surface area contributed by atoms with E-state index >= 15 is 0 Å². The molecule has 4 heteroatoms. The Morgan fingerprint density at radius 2 is 2.58 bits per heavy atom. The molecule has 1 aliphatic rings. The molecule has 64 valence electrons. The predicted molar refractivity (Wildman–Crippen MR) is 44.7 cm³/mol. The van der Waals surface area contributed by atoms with Gasteiger partial charge in [0.1, 0.15) is 0 Å². The zero-order chi connectivity index (χ0) is 8.55. The molecule has 0 aromatic carbocycles. The van der Waals surface area contributed by atoms with Gasteiger partial charge >= 0.3 is 0 Å². The fourth-order valence-electron chi connectivity index (χ4n) is 1.44. The van der Waals surface area contributed by atoms with Crippen molar-refractivity contribution in [1.82, 2.24) is 9.97 Å². The summed E-state index contributed by atoms with van der Waals surface area (Å²) >= 11 is 0. The highest BCUT2D eigenvalue weighted by Gasteiger charge is 2.29. The number of nitrogens with zero attached hydrogens (tertiary/aromatic N) is 2. The number of rotatable bonds is 1. The van der Waals surface area contributed by atoms with E-state index in [9.17, 15) is 4.79 Å². The summed E-state index contributed by atoms with van der Waals surface area (Å²) in [4.78, 5) is 20.1. The van der Waals surface area contributed by atoms with Crippen molar-refractivity contribution in [3.05, 3.63) is 12.4 Å². The third-order valence-electron chi connectivity index (χ3n) is 2.21. The maximum absolute atomic E-state index is 11.5. The molecule has 4 nitrogen and oxygen atoms in total. The van der Waals surface area contributed by atoms with Gasteiger partial charge in [0.25, 0.3) is 0 Å². The summed E-state index contributed by atoms with van der Waals surface area (Å²) in [5, 5.41) is 0. The molecule has 0 bridgehead atoms. The highest BCUT2D eigenvalue weighted by atomic mass is 16.2. The quantitative estimate of drug-likeness (QED) is 0.668. The number of carbonyl (C=O) groups excluding carboxylic acids is 1. The Labute approximate surface area is 70.6 Å². The van der Waals surface area contributed by atoms with E-state index in [1.807, 2.05) is 6.92 Å². The van der Waals surface area contributed by atoms with Gasteiger partial charge in [0.15, 0.2) is 0 Å². The van der Waals surface area contributed by atoms with Gasteiger partial charge in [-0.3, -0.25) is 9.69 Å². The van der Waals surface area contributed by atoms with Gasteiger partial charge in [-0.25, -0.2) is 4.98 Å². The number of anilines is 1. The van der Waals surface area contributed by atoms with Gasteiger partial charge < -0.3 is 4.98 Å². The Morgan fingerprint density at radius 3 is 3.08 bits per heavy atom. The van der Waals surface area contributed by atoms with E-state index in [1.54, 1.807) is 17.3 Å². The predicted octanol–water partition coefficient (Wildman–Crippen LogP) is 0.782. The summed E-state index contributed by atoms with van der Waals surface area (Å²) in [6.45, 7) is 2.73. The van der Waals surface area contributed by atoms with Crippen molar-refractivity contribution < 1.29 is 4.79 Å². The zero-order valence-electron chi connectivity index (χ0n) is 6.95. The lowest BCUT2D eigenvalue weighted by molar-refractivity contribution is -0.119. The van der Waals surface area contributed by atoms with Crippen LogP contribution in [0.15, 0.2) is 12.4 Å². The largest absolute Gasteiger partial charge is 0.331 e. The number of carbonyl (C=O) groups is 1. The minimum Gasteiger partial charge on any atom is -0.331 e. The van der Waals surface area contributed by atoms with Gasteiger partial charge in [-0.05, 0) is 6.42 Å². The Balaban J connectivity index is 2.22. The molecule has 1 unspecified atom stereocenters. The van der Waals surface area contributed by atoms with Crippen LogP contribution in [0, 0.1) is 5.92 Å². The summed E-state index contributed by atoms with van der Waals surface area (Å²) in [6.07, 6.45) is 4.32. The van der Waals surface area contributed by atoms with Crippen molar-refractivity contribution in [2.24, 2.45) is 5.92 Å². The van der Waals surface area contributed by atoms with Crippen molar-refractivity contribution in [3.63, 3.8) is 0 Å². The lowest BCUT2D eigenvalue weighted by Gasteiger charge is -2.11. The lowest BCUT2D eigenvalue weighted by atomic mass is 10.1. The monoisotopic (exact) mass is 165 g/mol. The zero-order valence-corrected chi connectivity index (χ0v) is 6.95.